The lowest BCUT2D eigenvalue weighted by atomic mass is 9.84. The standard InChI is InChI=1S/C19H24N4O3/c1-25-17-4-3-16(26-17)18(24)23-12-7-15(13-23)14-5-10-22(11-6-14)19-20-8-2-9-21-19/h2-4,8-9,14-15H,5-7,10-13H2,1H3. The molecule has 0 aliphatic carbocycles. The highest BCUT2D eigenvalue weighted by Gasteiger charge is 2.35. The molecule has 7 nitrogen and oxygen atoms in total. The van der Waals surface area contributed by atoms with Crippen molar-refractivity contribution in [1.29, 1.82) is 0 Å². The van der Waals surface area contributed by atoms with Gasteiger partial charge in [-0.05, 0) is 43.2 Å². The van der Waals surface area contributed by atoms with Gasteiger partial charge in [0.1, 0.15) is 0 Å². The van der Waals surface area contributed by atoms with Crippen LogP contribution in [-0.4, -0.2) is 54.1 Å². The molecule has 2 aromatic heterocycles. The van der Waals surface area contributed by atoms with E-state index in [9.17, 15) is 4.79 Å². The van der Waals surface area contributed by atoms with Gasteiger partial charge in [0.05, 0.1) is 7.11 Å². The summed E-state index contributed by atoms with van der Waals surface area (Å²) in [6.45, 7) is 3.58. The van der Waals surface area contributed by atoms with Gasteiger partial charge in [0.2, 0.25) is 5.95 Å². The van der Waals surface area contributed by atoms with Gasteiger partial charge in [-0.2, -0.15) is 0 Å². The van der Waals surface area contributed by atoms with E-state index in [1.165, 1.54) is 7.11 Å². The molecule has 1 atom stereocenters. The van der Waals surface area contributed by atoms with Gasteiger partial charge in [-0.1, -0.05) is 0 Å². The Bertz CT molecular complexity index is 740. The number of likely N-dealkylation sites (tertiary alicyclic amines) is 1. The lowest BCUT2D eigenvalue weighted by Crippen LogP contribution is -2.38. The van der Waals surface area contributed by atoms with E-state index in [2.05, 4.69) is 14.9 Å². The molecule has 0 saturated carbocycles. The number of carbonyl (C=O) groups is 1. The Morgan fingerprint density at radius 2 is 1.85 bits per heavy atom. The summed E-state index contributed by atoms with van der Waals surface area (Å²) in [4.78, 5) is 25.4. The minimum atomic E-state index is -0.0362. The number of hydrogen-bond donors (Lipinski definition) is 0. The molecule has 26 heavy (non-hydrogen) atoms. The fraction of sp³-hybridized carbons (Fsp3) is 0.526. The van der Waals surface area contributed by atoms with Gasteiger partial charge in [-0.25, -0.2) is 9.97 Å². The fourth-order valence-electron chi connectivity index (χ4n) is 4.08. The molecule has 0 aromatic carbocycles. The number of amides is 1. The minimum Gasteiger partial charge on any atom is -0.468 e. The molecule has 0 spiro atoms. The summed E-state index contributed by atoms with van der Waals surface area (Å²) in [5, 5.41) is 0. The van der Waals surface area contributed by atoms with Crippen LogP contribution in [0.15, 0.2) is 35.0 Å². The monoisotopic (exact) mass is 356 g/mol. The van der Waals surface area contributed by atoms with Crippen LogP contribution >= 0.6 is 0 Å². The van der Waals surface area contributed by atoms with Crippen molar-refractivity contribution < 1.29 is 13.9 Å². The molecule has 138 valence electrons. The molecule has 4 heterocycles. The van der Waals surface area contributed by atoms with Crippen molar-refractivity contribution in [2.24, 2.45) is 11.8 Å². The first kappa shape index (κ1) is 16.9. The van der Waals surface area contributed by atoms with Crippen LogP contribution in [0.3, 0.4) is 0 Å². The highest BCUT2D eigenvalue weighted by molar-refractivity contribution is 5.91. The maximum absolute atomic E-state index is 12.6. The lowest BCUT2D eigenvalue weighted by molar-refractivity contribution is 0.0743. The van der Waals surface area contributed by atoms with Crippen molar-refractivity contribution in [3.05, 3.63) is 36.4 Å². The van der Waals surface area contributed by atoms with Crippen LogP contribution in [0.4, 0.5) is 5.95 Å². The van der Waals surface area contributed by atoms with Crippen LogP contribution in [0.25, 0.3) is 0 Å². The van der Waals surface area contributed by atoms with Gasteiger partial charge >= 0.3 is 0 Å². The second-order valence-electron chi connectivity index (χ2n) is 7.00. The third-order valence-electron chi connectivity index (χ3n) is 5.55. The molecular formula is C19H24N4O3. The van der Waals surface area contributed by atoms with E-state index in [4.69, 9.17) is 9.15 Å². The molecule has 1 amide bonds. The Balaban J connectivity index is 1.31. The molecular weight excluding hydrogens is 332 g/mol. The number of piperidine rings is 1. The Morgan fingerprint density at radius 1 is 1.12 bits per heavy atom. The number of aromatic nitrogens is 2. The lowest BCUT2D eigenvalue weighted by Gasteiger charge is -2.34. The minimum absolute atomic E-state index is 0.0362. The van der Waals surface area contributed by atoms with E-state index in [0.29, 0.717) is 23.5 Å². The Hall–Kier alpha value is -2.57. The van der Waals surface area contributed by atoms with Crippen LogP contribution in [0.2, 0.25) is 0 Å². The molecule has 4 rings (SSSR count). The van der Waals surface area contributed by atoms with E-state index in [0.717, 1.165) is 51.4 Å². The van der Waals surface area contributed by atoms with E-state index < -0.39 is 0 Å². The molecule has 2 fully saturated rings. The van der Waals surface area contributed by atoms with Gasteiger partial charge in [0.15, 0.2) is 5.76 Å². The summed E-state index contributed by atoms with van der Waals surface area (Å²) >= 11 is 0. The molecule has 7 heteroatoms. The maximum Gasteiger partial charge on any atom is 0.289 e. The van der Waals surface area contributed by atoms with Gasteiger partial charge < -0.3 is 19.0 Å². The van der Waals surface area contributed by atoms with Gasteiger partial charge in [0.25, 0.3) is 11.9 Å². The summed E-state index contributed by atoms with van der Waals surface area (Å²) in [5.74, 6) is 2.73. The number of carbonyl (C=O) groups excluding carboxylic acids is 1. The van der Waals surface area contributed by atoms with Gasteiger partial charge in [-0.3, -0.25) is 4.79 Å². The molecule has 2 aliphatic heterocycles. The fourth-order valence-corrected chi connectivity index (χ4v) is 4.08. The number of anilines is 1. The van der Waals surface area contributed by atoms with Gasteiger partial charge in [-0.15, -0.1) is 0 Å². The SMILES string of the molecule is COc1ccc(C(=O)N2CCC(C3CCN(c4ncccn4)CC3)C2)o1. The largest absolute Gasteiger partial charge is 0.468 e. The molecule has 2 aliphatic rings. The number of methoxy groups -OCH3 is 1. The third-order valence-corrected chi connectivity index (χ3v) is 5.55. The summed E-state index contributed by atoms with van der Waals surface area (Å²) in [5.41, 5.74) is 0. The maximum atomic E-state index is 12.6. The van der Waals surface area contributed by atoms with Crippen molar-refractivity contribution in [1.82, 2.24) is 14.9 Å². The number of hydrogen-bond acceptors (Lipinski definition) is 6. The smallest absolute Gasteiger partial charge is 0.289 e. The summed E-state index contributed by atoms with van der Waals surface area (Å²) in [6.07, 6.45) is 6.89. The molecule has 0 radical (unpaired) electrons. The second-order valence-corrected chi connectivity index (χ2v) is 7.00. The van der Waals surface area contributed by atoms with E-state index in [1.54, 1.807) is 24.5 Å². The summed E-state index contributed by atoms with van der Waals surface area (Å²) < 4.78 is 10.4. The predicted octanol–water partition coefficient (Wildman–Crippen LogP) is 2.46. The zero-order valence-electron chi connectivity index (χ0n) is 15.0. The van der Waals surface area contributed by atoms with E-state index in [1.807, 2.05) is 11.0 Å². The number of nitrogens with zero attached hydrogens (tertiary/aromatic N) is 4. The zero-order chi connectivity index (χ0) is 17.9. The van der Waals surface area contributed by atoms with Crippen molar-refractivity contribution in [3.63, 3.8) is 0 Å². The van der Waals surface area contributed by atoms with Gasteiger partial charge in [0, 0.05) is 44.6 Å². The second kappa shape index (κ2) is 7.35. The highest BCUT2D eigenvalue weighted by atomic mass is 16.6. The molecule has 2 aromatic rings. The number of furan rings is 1. The van der Waals surface area contributed by atoms with E-state index in [-0.39, 0.29) is 5.91 Å². The quantitative estimate of drug-likeness (QED) is 0.838. The Morgan fingerprint density at radius 3 is 2.54 bits per heavy atom. The average molecular weight is 356 g/mol. The summed E-state index contributed by atoms with van der Waals surface area (Å²) in [7, 11) is 1.53. The van der Waals surface area contributed by atoms with Crippen molar-refractivity contribution in [2.75, 3.05) is 38.2 Å². The Kier molecular flexibility index (Phi) is 4.77. The van der Waals surface area contributed by atoms with Crippen LogP contribution in [0.1, 0.15) is 29.8 Å². The summed E-state index contributed by atoms with van der Waals surface area (Å²) in [6, 6.07) is 5.21. The molecule has 0 N–H and O–H groups in total. The molecule has 1 unspecified atom stereocenters. The first-order valence-electron chi connectivity index (χ1n) is 9.19. The first-order valence-corrected chi connectivity index (χ1v) is 9.19. The van der Waals surface area contributed by atoms with Crippen molar-refractivity contribution >= 4 is 11.9 Å². The molecule has 2 saturated heterocycles. The first-order chi connectivity index (χ1) is 12.7. The van der Waals surface area contributed by atoms with Crippen LogP contribution in [0.5, 0.6) is 5.95 Å². The number of rotatable bonds is 4. The van der Waals surface area contributed by atoms with Crippen LogP contribution < -0.4 is 9.64 Å². The van der Waals surface area contributed by atoms with Crippen molar-refractivity contribution in [2.45, 2.75) is 19.3 Å². The average Bonchev–Trinajstić information content (AvgIpc) is 3.38. The normalized spacial score (nSPS) is 21.2. The van der Waals surface area contributed by atoms with Crippen LogP contribution in [-0.2, 0) is 0 Å². The van der Waals surface area contributed by atoms with Crippen LogP contribution in [0, 0.1) is 11.8 Å². The van der Waals surface area contributed by atoms with Crippen molar-refractivity contribution in [3.8, 4) is 5.95 Å². The third kappa shape index (κ3) is 3.38. The number of ether oxygens (including phenoxy) is 1. The highest BCUT2D eigenvalue weighted by Crippen LogP contribution is 2.33. The van der Waals surface area contributed by atoms with E-state index >= 15 is 0 Å². The predicted molar refractivity (Wildman–Crippen MR) is 96.2 cm³/mol. The molecule has 0 bridgehead atoms. The zero-order valence-corrected chi connectivity index (χ0v) is 15.0. The topological polar surface area (TPSA) is 71.7 Å². The Labute approximate surface area is 153 Å².